The van der Waals surface area contributed by atoms with E-state index < -0.39 is 0 Å². The van der Waals surface area contributed by atoms with Crippen molar-refractivity contribution in [2.24, 2.45) is 0 Å². The molecule has 3 aromatic carbocycles. The molecule has 0 aliphatic heterocycles. The van der Waals surface area contributed by atoms with Crippen LogP contribution in [0.4, 0.5) is 17.1 Å². The van der Waals surface area contributed by atoms with Crippen molar-refractivity contribution in [1.82, 2.24) is 0 Å². The van der Waals surface area contributed by atoms with Crippen molar-refractivity contribution in [2.75, 3.05) is 22.9 Å². The summed E-state index contributed by atoms with van der Waals surface area (Å²) >= 11 is 0. The highest BCUT2D eigenvalue weighted by atomic mass is 15.1. The van der Waals surface area contributed by atoms with Gasteiger partial charge in [0.1, 0.15) is 0 Å². The summed E-state index contributed by atoms with van der Waals surface area (Å²) in [5.74, 6) is 0. The quantitative estimate of drug-likeness (QED) is 0.340. The first kappa shape index (κ1) is 23.6. The van der Waals surface area contributed by atoms with E-state index in [1.54, 1.807) is 0 Å². The minimum absolute atomic E-state index is 0.922. The Hall–Kier alpha value is -3.52. The number of aryl methyl sites for hydroxylation is 1. The van der Waals surface area contributed by atoms with Crippen LogP contribution >= 0.6 is 0 Å². The summed E-state index contributed by atoms with van der Waals surface area (Å²) in [5.41, 5.74) is 11.1. The van der Waals surface area contributed by atoms with Gasteiger partial charge in [0.2, 0.25) is 0 Å². The maximum absolute atomic E-state index is 4.41. The Balaban J connectivity index is 1.53. The molecule has 2 nitrogen and oxygen atoms in total. The molecule has 34 heavy (non-hydrogen) atoms. The Morgan fingerprint density at radius 3 is 1.85 bits per heavy atom. The van der Waals surface area contributed by atoms with Gasteiger partial charge in [-0.3, -0.25) is 0 Å². The predicted octanol–water partition coefficient (Wildman–Crippen LogP) is 8.66. The number of hydrogen-bond acceptors (Lipinski definition) is 2. The second kappa shape index (κ2) is 10.6. The highest BCUT2D eigenvalue weighted by Crippen LogP contribution is 2.32. The molecule has 174 valence electrons. The molecule has 0 saturated heterocycles. The first-order valence-corrected chi connectivity index (χ1v) is 12.4. The number of anilines is 3. The summed E-state index contributed by atoms with van der Waals surface area (Å²) in [6.45, 7) is 15.1. The summed E-state index contributed by atoms with van der Waals surface area (Å²) in [6.07, 6.45) is 6.84. The zero-order valence-corrected chi connectivity index (χ0v) is 21.0. The van der Waals surface area contributed by atoms with Crippen molar-refractivity contribution < 1.29 is 0 Å². The van der Waals surface area contributed by atoms with Crippen molar-refractivity contribution in [3.05, 3.63) is 119 Å². The third kappa shape index (κ3) is 4.87. The molecule has 0 saturated carbocycles. The minimum Gasteiger partial charge on any atom is -0.342 e. The summed E-state index contributed by atoms with van der Waals surface area (Å²) in [6, 6.07) is 26.2. The second-order valence-electron chi connectivity index (χ2n) is 8.95. The van der Waals surface area contributed by atoms with E-state index in [0.717, 1.165) is 42.6 Å². The Bertz CT molecular complexity index is 1200. The molecule has 0 fully saturated rings. The van der Waals surface area contributed by atoms with E-state index in [1.165, 1.54) is 33.9 Å². The number of nitrogens with zero attached hydrogens (tertiary/aromatic N) is 2. The van der Waals surface area contributed by atoms with Crippen LogP contribution in [0.15, 0.2) is 103 Å². The SMILES string of the molecule is C=C(c1ccc(N(CC)C2=C(C)CCC=C2)cc1)c1ccc(N(CC)c2ccccc2C)cc1. The molecule has 0 bridgehead atoms. The lowest BCUT2D eigenvalue weighted by Gasteiger charge is -2.28. The Kier molecular flexibility index (Phi) is 7.37. The Morgan fingerprint density at radius 2 is 1.32 bits per heavy atom. The van der Waals surface area contributed by atoms with Crippen LogP contribution in [0.5, 0.6) is 0 Å². The standard InChI is InChI=1S/C32H36N2/c1-6-33(31-14-10-8-12-24(31)3)29-20-16-27(17-21-29)26(5)28-18-22-30(23-19-28)34(7-2)32-15-11-9-13-25(32)4/h8,10-12,14-23H,5-7,9,13H2,1-4H3. The number of rotatable bonds is 8. The number of allylic oxidation sites excluding steroid dienone is 3. The molecule has 3 aromatic rings. The average molecular weight is 449 g/mol. The number of likely N-dealkylation sites (N-methyl/N-ethyl adjacent to an activating group) is 1. The lowest BCUT2D eigenvalue weighted by molar-refractivity contribution is 0.881. The fourth-order valence-corrected chi connectivity index (χ4v) is 4.79. The molecule has 0 atom stereocenters. The fraction of sp³-hybridized carbons (Fsp3) is 0.250. The van der Waals surface area contributed by atoms with E-state index in [2.05, 4.69) is 129 Å². The second-order valence-corrected chi connectivity index (χ2v) is 8.95. The van der Waals surface area contributed by atoms with Crippen LogP contribution in [0, 0.1) is 6.92 Å². The number of para-hydroxylation sites is 1. The van der Waals surface area contributed by atoms with Crippen LogP contribution in [0.3, 0.4) is 0 Å². The van der Waals surface area contributed by atoms with E-state index in [1.807, 2.05) is 0 Å². The molecule has 1 aliphatic rings. The van der Waals surface area contributed by atoms with Crippen molar-refractivity contribution >= 4 is 22.6 Å². The van der Waals surface area contributed by atoms with E-state index in [9.17, 15) is 0 Å². The summed E-state index contributed by atoms with van der Waals surface area (Å²) in [5, 5.41) is 0. The van der Waals surface area contributed by atoms with E-state index in [-0.39, 0.29) is 0 Å². The smallest absolute Gasteiger partial charge is 0.0440 e. The van der Waals surface area contributed by atoms with Gasteiger partial charge in [-0.2, -0.15) is 0 Å². The van der Waals surface area contributed by atoms with Gasteiger partial charge in [-0.15, -0.1) is 0 Å². The van der Waals surface area contributed by atoms with Crippen LogP contribution in [0.25, 0.3) is 5.57 Å². The topological polar surface area (TPSA) is 6.48 Å². The molecule has 1 aliphatic carbocycles. The monoisotopic (exact) mass is 448 g/mol. The summed E-state index contributed by atoms with van der Waals surface area (Å²) in [4.78, 5) is 4.75. The fourth-order valence-electron chi connectivity index (χ4n) is 4.79. The number of hydrogen-bond donors (Lipinski definition) is 0. The lowest BCUT2D eigenvalue weighted by Crippen LogP contribution is -2.23. The first-order valence-electron chi connectivity index (χ1n) is 12.4. The lowest BCUT2D eigenvalue weighted by atomic mass is 9.98. The third-order valence-electron chi connectivity index (χ3n) is 6.78. The zero-order chi connectivity index (χ0) is 24.1. The molecule has 2 heteroatoms. The van der Waals surface area contributed by atoms with Crippen molar-refractivity contribution in [3.63, 3.8) is 0 Å². The molecule has 0 unspecified atom stereocenters. The van der Waals surface area contributed by atoms with Crippen LogP contribution in [0.1, 0.15) is 50.3 Å². The van der Waals surface area contributed by atoms with Crippen LogP contribution in [-0.4, -0.2) is 13.1 Å². The molecule has 0 amide bonds. The van der Waals surface area contributed by atoms with Gasteiger partial charge >= 0.3 is 0 Å². The van der Waals surface area contributed by atoms with Crippen molar-refractivity contribution in [3.8, 4) is 0 Å². The van der Waals surface area contributed by atoms with Crippen LogP contribution in [-0.2, 0) is 0 Å². The number of benzene rings is 3. The molecular formula is C32H36N2. The Morgan fingerprint density at radius 1 is 0.765 bits per heavy atom. The molecule has 0 spiro atoms. The van der Waals surface area contributed by atoms with Gasteiger partial charge in [-0.25, -0.2) is 0 Å². The molecule has 0 aromatic heterocycles. The summed E-state index contributed by atoms with van der Waals surface area (Å²) < 4.78 is 0. The zero-order valence-electron chi connectivity index (χ0n) is 21.0. The molecular weight excluding hydrogens is 412 g/mol. The normalized spacial score (nSPS) is 13.2. The first-order chi connectivity index (χ1) is 16.5. The van der Waals surface area contributed by atoms with Crippen LogP contribution in [0.2, 0.25) is 0 Å². The van der Waals surface area contributed by atoms with Gasteiger partial charge in [0.25, 0.3) is 0 Å². The Labute approximate surface area is 205 Å². The average Bonchev–Trinajstić information content (AvgIpc) is 2.87. The van der Waals surface area contributed by atoms with Gasteiger partial charge in [0.05, 0.1) is 0 Å². The van der Waals surface area contributed by atoms with Gasteiger partial charge in [0.15, 0.2) is 0 Å². The van der Waals surface area contributed by atoms with Gasteiger partial charge in [0, 0.05) is 35.8 Å². The van der Waals surface area contributed by atoms with Crippen molar-refractivity contribution in [1.29, 1.82) is 0 Å². The third-order valence-corrected chi connectivity index (χ3v) is 6.78. The molecule has 4 rings (SSSR count). The van der Waals surface area contributed by atoms with E-state index in [4.69, 9.17) is 0 Å². The maximum atomic E-state index is 4.41. The summed E-state index contributed by atoms with van der Waals surface area (Å²) in [7, 11) is 0. The van der Waals surface area contributed by atoms with E-state index in [0.29, 0.717) is 0 Å². The molecule has 0 N–H and O–H groups in total. The molecule has 0 heterocycles. The predicted molar refractivity (Wildman–Crippen MR) is 149 cm³/mol. The van der Waals surface area contributed by atoms with Crippen molar-refractivity contribution in [2.45, 2.75) is 40.5 Å². The maximum Gasteiger partial charge on any atom is 0.0440 e. The highest BCUT2D eigenvalue weighted by Gasteiger charge is 2.14. The van der Waals surface area contributed by atoms with Crippen LogP contribution < -0.4 is 9.80 Å². The van der Waals surface area contributed by atoms with Gasteiger partial charge in [-0.1, -0.05) is 55.1 Å². The van der Waals surface area contributed by atoms with Gasteiger partial charge in [-0.05, 0) is 105 Å². The largest absolute Gasteiger partial charge is 0.342 e. The highest BCUT2D eigenvalue weighted by molar-refractivity contribution is 5.80. The van der Waals surface area contributed by atoms with E-state index >= 15 is 0 Å². The molecule has 0 radical (unpaired) electrons. The van der Waals surface area contributed by atoms with Gasteiger partial charge < -0.3 is 9.80 Å². The minimum atomic E-state index is 0.922.